The van der Waals surface area contributed by atoms with Gasteiger partial charge in [-0.05, 0) is 19.4 Å². The zero-order valence-corrected chi connectivity index (χ0v) is 8.89. The van der Waals surface area contributed by atoms with Gasteiger partial charge in [0.05, 0.1) is 4.92 Å². The highest BCUT2D eigenvalue weighted by Crippen LogP contribution is 2.30. The lowest BCUT2D eigenvalue weighted by atomic mass is 10.0. The van der Waals surface area contributed by atoms with E-state index in [1.54, 1.807) is 13.8 Å². The summed E-state index contributed by atoms with van der Waals surface area (Å²) in [6.07, 6.45) is -0.959. The predicted molar refractivity (Wildman–Crippen MR) is 55.9 cm³/mol. The molecule has 86 valence electrons. The lowest BCUT2D eigenvalue weighted by Crippen LogP contribution is -2.07. The van der Waals surface area contributed by atoms with Crippen molar-refractivity contribution in [1.82, 2.24) is 0 Å². The van der Waals surface area contributed by atoms with E-state index in [4.69, 9.17) is 5.11 Å². The smallest absolute Gasteiger partial charge is 0.449 e. The van der Waals surface area contributed by atoms with E-state index >= 15 is 0 Å². The molecule has 0 spiro atoms. The molecule has 0 aromatic heterocycles. The first-order valence-corrected chi connectivity index (χ1v) is 4.65. The van der Waals surface area contributed by atoms with Crippen LogP contribution in [0, 0.1) is 17.0 Å². The summed E-state index contributed by atoms with van der Waals surface area (Å²) in [6.45, 7) is 3.35. The summed E-state index contributed by atoms with van der Waals surface area (Å²) in [6, 6.07) is 2.55. The zero-order valence-electron chi connectivity index (χ0n) is 8.89. The van der Waals surface area contributed by atoms with Gasteiger partial charge in [-0.25, -0.2) is 4.79 Å². The summed E-state index contributed by atoms with van der Waals surface area (Å²) in [4.78, 5) is 20.6. The molecule has 1 aromatic carbocycles. The minimum absolute atomic E-state index is 0.0328. The second kappa shape index (κ2) is 4.61. The Hall–Kier alpha value is -2.11. The first kappa shape index (κ1) is 12.0. The molecule has 0 unspecified atom stereocenters. The standard InChI is InChI=1S/C10H11NO5/c1-3-7-6(2)8(11(14)15)4-5-9(7)16-10(12)13/h4-5H,3H2,1-2H3,(H,12,13). The molecule has 0 aliphatic heterocycles. The Balaban J connectivity index is 3.29. The van der Waals surface area contributed by atoms with Gasteiger partial charge in [0.1, 0.15) is 5.75 Å². The number of carboxylic acid groups (broad SMARTS) is 1. The van der Waals surface area contributed by atoms with Gasteiger partial charge in [0.25, 0.3) is 5.69 Å². The fourth-order valence-electron chi connectivity index (χ4n) is 1.55. The molecule has 1 aromatic rings. The van der Waals surface area contributed by atoms with Gasteiger partial charge in [-0.1, -0.05) is 6.92 Å². The molecule has 6 heteroatoms. The van der Waals surface area contributed by atoms with Crippen LogP contribution in [0.1, 0.15) is 18.1 Å². The molecule has 0 radical (unpaired) electrons. The molecule has 0 heterocycles. The summed E-state index contributed by atoms with van der Waals surface area (Å²) >= 11 is 0. The SMILES string of the molecule is CCc1c(OC(=O)O)ccc([N+](=O)[O-])c1C. The lowest BCUT2D eigenvalue weighted by molar-refractivity contribution is -0.385. The fourth-order valence-corrected chi connectivity index (χ4v) is 1.55. The molecule has 6 nitrogen and oxygen atoms in total. The maximum absolute atomic E-state index is 10.7. The van der Waals surface area contributed by atoms with Crippen LogP contribution in [-0.4, -0.2) is 16.2 Å². The molecule has 0 atom stereocenters. The third-order valence-corrected chi connectivity index (χ3v) is 2.27. The second-order valence-corrected chi connectivity index (χ2v) is 3.17. The molecule has 0 saturated carbocycles. The van der Waals surface area contributed by atoms with E-state index in [1.165, 1.54) is 12.1 Å². The summed E-state index contributed by atoms with van der Waals surface area (Å²) < 4.78 is 4.55. The van der Waals surface area contributed by atoms with Gasteiger partial charge < -0.3 is 9.84 Å². The third-order valence-electron chi connectivity index (χ3n) is 2.27. The second-order valence-electron chi connectivity index (χ2n) is 3.17. The number of benzene rings is 1. The van der Waals surface area contributed by atoms with Gasteiger partial charge in [-0.2, -0.15) is 0 Å². The van der Waals surface area contributed by atoms with Crippen molar-refractivity contribution in [2.75, 3.05) is 0 Å². The molecular formula is C10H11NO5. The van der Waals surface area contributed by atoms with Crippen LogP contribution in [0.3, 0.4) is 0 Å². The highest BCUT2D eigenvalue weighted by atomic mass is 16.7. The Kier molecular flexibility index (Phi) is 3.44. The number of hydrogen-bond donors (Lipinski definition) is 1. The summed E-state index contributed by atoms with van der Waals surface area (Å²) in [7, 11) is 0. The van der Waals surface area contributed by atoms with Crippen LogP contribution in [0.2, 0.25) is 0 Å². The van der Waals surface area contributed by atoms with Crippen LogP contribution in [-0.2, 0) is 6.42 Å². The zero-order chi connectivity index (χ0) is 12.3. The number of ether oxygens (including phenoxy) is 1. The molecule has 16 heavy (non-hydrogen) atoms. The topological polar surface area (TPSA) is 89.7 Å². The average molecular weight is 225 g/mol. The van der Waals surface area contributed by atoms with Crippen molar-refractivity contribution in [3.63, 3.8) is 0 Å². The molecule has 0 amide bonds. The number of nitrogens with zero attached hydrogens (tertiary/aromatic N) is 1. The van der Waals surface area contributed by atoms with Crippen molar-refractivity contribution in [1.29, 1.82) is 0 Å². The third kappa shape index (κ3) is 2.28. The van der Waals surface area contributed by atoms with E-state index in [2.05, 4.69) is 4.74 Å². The average Bonchev–Trinajstić information content (AvgIpc) is 2.16. The minimum atomic E-state index is -1.43. The minimum Gasteiger partial charge on any atom is -0.449 e. The van der Waals surface area contributed by atoms with E-state index in [0.29, 0.717) is 17.5 Å². The molecule has 1 rings (SSSR count). The summed E-state index contributed by atoms with van der Waals surface area (Å²) in [5.41, 5.74) is 0.942. The van der Waals surface area contributed by atoms with Crippen LogP contribution in [0.15, 0.2) is 12.1 Å². The van der Waals surface area contributed by atoms with E-state index in [1.807, 2.05) is 0 Å². The largest absolute Gasteiger partial charge is 0.511 e. The first-order valence-electron chi connectivity index (χ1n) is 4.65. The van der Waals surface area contributed by atoms with Crippen LogP contribution >= 0.6 is 0 Å². The van der Waals surface area contributed by atoms with Crippen molar-refractivity contribution in [3.05, 3.63) is 33.4 Å². The van der Waals surface area contributed by atoms with E-state index in [9.17, 15) is 14.9 Å². The Labute approximate surface area is 91.6 Å². The quantitative estimate of drug-likeness (QED) is 0.369. The van der Waals surface area contributed by atoms with Gasteiger partial charge in [-0.15, -0.1) is 0 Å². The first-order chi connectivity index (χ1) is 7.47. The summed E-state index contributed by atoms with van der Waals surface area (Å²) in [5.74, 6) is 0.151. The van der Waals surface area contributed by atoms with Crippen molar-refractivity contribution in [3.8, 4) is 5.75 Å². The Bertz CT molecular complexity index is 441. The number of carbonyl (C=O) groups is 1. The highest BCUT2D eigenvalue weighted by molar-refractivity contribution is 5.64. The van der Waals surface area contributed by atoms with Crippen molar-refractivity contribution < 1.29 is 19.6 Å². The Morgan fingerprint density at radius 1 is 1.56 bits per heavy atom. The van der Waals surface area contributed by atoms with Crippen LogP contribution in [0.5, 0.6) is 5.75 Å². The molecule has 0 aliphatic carbocycles. The van der Waals surface area contributed by atoms with Gasteiger partial charge in [0.15, 0.2) is 0 Å². The maximum atomic E-state index is 10.7. The number of nitro groups is 1. The molecular weight excluding hydrogens is 214 g/mol. The van der Waals surface area contributed by atoms with Gasteiger partial charge >= 0.3 is 6.16 Å². The van der Waals surface area contributed by atoms with Crippen molar-refractivity contribution in [2.24, 2.45) is 0 Å². The van der Waals surface area contributed by atoms with E-state index in [0.717, 1.165) is 0 Å². The molecule has 0 saturated heterocycles. The predicted octanol–water partition coefficient (Wildman–Crippen LogP) is 2.52. The number of rotatable bonds is 3. The van der Waals surface area contributed by atoms with E-state index < -0.39 is 11.1 Å². The Morgan fingerprint density at radius 3 is 2.62 bits per heavy atom. The van der Waals surface area contributed by atoms with Crippen LogP contribution in [0.25, 0.3) is 0 Å². The van der Waals surface area contributed by atoms with Crippen molar-refractivity contribution in [2.45, 2.75) is 20.3 Å². The summed E-state index contributed by atoms with van der Waals surface area (Å²) in [5, 5.41) is 19.2. The van der Waals surface area contributed by atoms with Crippen LogP contribution < -0.4 is 4.74 Å². The molecule has 0 fully saturated rings. The normalized spacial score (nSPS) is 9.88. The number of hydrogen-bond acceptors (Lipinski definition) is 4. The van der Waals surface area contributed by atoms with Crippen molar-refractivity contribution >= 4 is 11.8 Å². The molecule has 0 aliphatic rings. The highest BCUT2D eigenvalue weighted by Gasteiger charge is 2.18. The van der Waals surface area contributed by atoms with Gasteiger partial charge in [0, 0.05) is 17.2 Å². The van der Waals surface area contributed by atoms with E-state index in [-0.39, 0.29) is 11.4 Å². The molecule has 1 N–H and O–H groups in total. The Morgan fingerprint density at radius 2 is 2.19 bits per heavy atom. The molecule has 0 bridgehead atoms. The number of nitro benzene ring substituents is 1. The monoisotopic (exact) mass is 225 g/mol. The van der Waals surface area contributed by atoms with Crippen LogP contribution in [0.4, 0.5) is 10.5 Å². The van der Waals surface area contributed by atoms with Gasteiger partial charge in [-0.3, -0.25) is 10.1 Å². The fraction of sp³-hybridized carbons (Fsp3) is 0.300. The lowest BCUT2D eigenvalue weighted by Gasteiger charge is -2.09. The maximum Gasteiger partial charge on any atom is 0.511 e. The van der Waals surface area contributed by atoms with Gasteiger partial charge in [0.2, 0.25) is 0 Å².